The lowest BCUT2D eigenvalue weighted by atomic mass is 10.1. The molecule has 3 aromatic carbocycles. The largest absolute Gasteiger partial charge is 0.497 e. The topological polar surface area (TPSA) is 87.7 Å². The lowest BCUT2D eigenvalue weighted by molar-refractivity contribution is 0.382. The van der Waals surface area contributed by atoms with Gasteiger partial charge in [0.2, 0.25) is 16.0 Å². The summed E-state index contributed by atoms with van der Waals surface area (Å²) in [6, 6.07) is 26.5. The monoisotopic (exact) mass is 515 g/mol. The number of piperazine rings is 1. The molecule has 0 aliphatic carbocycles. The van der Waals surface area contributed by atoms with Crippen LogP contribution < -0.4 is 15.0 Å². The number of aromatic nitrogens is 2. The zero-order chi connectivity index (χ0) is 25.8. The van der Waals surface area contributed by atoms with E-state index in [9.17, 15) is 8.42 Å². The Hall–Kier alpha value is -3.95. The molecular formula is C28H29N5O3S. The van der Waals surface area contributed by atoms with Gasteiger partial charge in [-0.3, -0.25) is 0 Å². The van der Waals surface area contributed by atoms with Gasteiger partial charge in [-0.25, -0.2) is 13.4 Å². The number of rotatable bonds is 7. The van der Waals surface area contributed by atoms with Crippen molar-refractivity contribution in [2.45, 2.75) is 11.8 Å². The fourth-order valence-electron chi connectivity index (χ4n) is 4.31. The number of hydrogen-bond donors (Lipinski definition) is 1. The molecule has 1 aliphatic rings. The first-order valence-electron chi connectivity index (χ1n) is 12.1. The maximum absolute atomic E-state index is 13.3. The van der Waals surface area contributed by atoms with Crippen molar-refractivity contribution < 1.29 is 13.2 Å². The predicted molar refractivity (Wildman–Crippen MR) is 146 cm³/mol. The van der Waals surface area contributed by atoms with Gasteiger partial charge in [-0.15, -0.1) is 0 Å². The van der Waals surface area contributed by atoms with E-state index in [1.54, 1.807) is 19.2 Å². The van der Waals surface area contributed by atoms with E-state index in [1.807, 2.05) is 84.6 Å². The van der Waals surface area contributed by atoms with Crippen molar-refractivity contribution in [3.8, 4) is 16.9 Å². The Morgan fingerprint density at radius 1 is 0.811 bits per heavy atom. The van der Waals surface area contributed by atoms with E-state index >= 15 is 0 Å². The molecule has 1 aliphatic heterocycles. The van der Waals surface area contributed by atoms with Crippen LogP contribution >= 0.6 is 0 Å². The summed E-state index contributed by atoms with van der Waals surface area (Å²) in [5, 5.41) is 3.31. The Balaban J connectivity index is 1.25. The molecule has 8 nitrogen and oxygen atoms in total. The van der Waals surface area contributed by atoms with Crippen molar-refractivity contribution >= 4 is 27.5 Å². The molecule has 1 saturated heterocycles. The van der Waals surface area contributed by atoms with Crippen LogP contribution in [0.3, 0.4) is 0 Å². The first kappa shape index (κ1) is 24.7. The lowest BCUT2D eigenvalue weighted by Crippen LogP contribution is -2.49. The van der Waals surface area contributed by atoms with Gasteiger partial charge in [0.05, 0.1) is 12.0 Å². The van der Waals surface area contributed by atoms with Gasteiger partial charge in [0.15, 0.2) is 0 Å². The summed E-state index contributed by atoms with van der Waals surface area (Å²) in [5.74, 6) is 2.05. The second kappa shape index (κ2) is 10.6. The van der Waals surface area contributed by atoms with Crippen LogP contribution in [0.15, 0.2) is 89.8 Å². The zero-order valence-corrected chi connectivity index (χ0v) is 21.6. The highest BCUT2D eigenvalue weighted by molar-refractivity contribution is 7.89. The molecule has 9 heteroatoms. The smallest absolute Gasteiger partial charge is 0.243 e. The third-order valence-corrected chi connectivity index (χ3v) is 8.24. The average molecular weight is 516 g/mol. The SMILES string of the molecule is COc1ccc(Nc2cc(C)nc(N3CCN(S(=O)(=O)c4ccc(-c5ccccc5)cc4)CC3)n2)cc1. The Kier molecular flexibility index (Phi) is 7.07. The Morgan fingerprint density at radius 3 is 2.11 bits per heavy atom. The Morgan fingerprint density at radius 2 is 1.46 bits per heavy atom. The summed E-state index contributed by atoms with van der Waals surface area (Å²) in [5.41, 5.74) is 3.76. The van der Waals surface area contributed by atoms with E-state index in [-0.39, 0.29) is 0 Å². The highest BCUT2D eigenvalue weighted by atomic mass is 32.2. The standard InChI is InChI=1S/C28H29N5O3S/c1-21-20-27(30-24-10-12-25(36-2)13-11-24)31-28(29-21)32-16-18-33(19-17-32)37(34,35)26-14-8-23(9-15-26)22-6-4-3-5-7-22/h3-15,20H,16-19H2,1-2H3,(H,29,30,31). The number of aryl methyl sites for hydroxylation is 1. The number of sulfonamides is 1. The Bertz CT molecular complexity index is 1450. The van der Waals surface area contributed by atoms with Crippen LogP contribution in [0.25, 0.3) is 11.1 Å². The van der Waals surface area contributed by atoms with Gasteiger partial charge in [-0.2, -0.15) is 9.29 Å². The van der Waals surface area contributed by atoms with Gasteiger partial charge in [0.1, 0.15) is 11.6 Å². The van der Waals surface area contributed by atoms with Crippen LogP contribution in [0.5, 0.6) is 5.75 Å². The number of benzene rings is 3. The molecule has 0 saturated carbocycles. The maximum atomic E-state index is 13.3. The number of nitrogens with zero attached hydrogens (tertiary/aromatic N) is 4. The van der Waals surface area contributed by atoms with E-state index < -0.39 is 10.0 Å². The summed E-state index contributed by atoms with van der Waals surface area (Å²) < 4.78 is 33.3. The van der Waals surface area contributed by atoms with Crippen LogP contribution in [0, 0.1) is 6.92 Å². The third kappa shape index (κ3) is 5.58. The molecule has 5 rings (SSSR count). The highest BCUT2D eigenvalue weighted by Gasteiger charge is 2.29. The molecule has 1 fully saturated rings. The quantitative estimate of drug-likeness (QED) is 0.381. The van der Waals surface area contributed by atoms with Crippen molar-refractivity contribution in [1.82, 2.24) is 14.3 Å². The van der Waals surface area contributed by atoms with Gasteiger partial charge in [-0.05, 0) is 54.4 Å². The molecular weight excluding hydrogens is 486 g/mol. The average Bonchev–Trinajstić information content (AvgIpc) is 2.94. The van der Waals surface area contributed by atoms with Crippen LogP contribution in [0.2, 0.25) is 0 Å². The fourth-order valence-corrected chi connectivity index (χ4v) is 5.73. The molecule has 1 aromatic heterocycles. The molecule has 1 N–H and O–H groups in total. The van der Waals surface area contributed by atoms with Gasteiger partial charge in [0, 0.05) is 43.6 Å². The van der Waals surface area contributed by atoms with Crippen molar-refractivity contribution in [1.29, 1.82) is 0 Å². The van der Waals surface area contributed by atoms with Crippen molar-refractivity contribution in [2.24, 2.45) is 0 Å². The summed E-state index contributed by atoms with van der Waals surface area (Å²) in [4.78, 5) is 11.6. The number of methoxy groups -OCH3 is 1. The van der Waals surface area contributed by atoms with Crippen molar-refractivity contribution in [3.63, 3.8) is 0 Å². The molecule has 190 valence electrons. The molecule has 4 aromatic rings. The predicted octanol–water partition coefficient (Wildman–Crippen LogP) is 4.72. The minimum absolute atomic E-state index is 0.304. The minimum Gasteiger partial charge on any atom is -0.497 e. The zero-order valence-electron chi connectivity index (χ0n) is 20.8. The molecule has 0 radical (unpaired) electrons. The van der Waals surface area contributed by atoms with Crippen LogP contribution in [-0.4, -0.2) is 56.0 Å². The number of ether oxygens (including phenoxy) is 1. The van der Waals surface area contributed by atoms with E-state index in [2.05, 4.69) is 15.3 Å². The summed E-state index contributed by atoms with van der Waals surface area (Å²) in [6.07, 6.45) is 0. The number of hydrogen-bond acceptors (Lipinski definition) is 7. The normalized spacial score (nSPS) is 14.4. The molecule has 0 bridgehead atoms. The van der Waals surface area contributed by atoms with Gasteiger partial charge >= 0.3 is 0 Å². The maximum Gasteiger partial charge on any atom is 0.243 e. The third-order valence-electron chi connectivity index (χ3n) is 6.33. The second-order valence-corrected chi connectivity index (χ2v) is 10.8. The van der Waals surface area contributed by atoms with Gasteiger partial charge in [-0.1, -0.05) is 42.5 Å². The summed E-state index contributed by atoms with van der Waals surface area (Å²) >= 11 is 0. The second-order valence-electron chi connectivity index (χ2n) is 8.83. The van der Waals surface area contributed by atoms with Crippen LogP contribution in [0.1, 0.15) is 5.69 Å². The van der Waals surface area contributed by atoms with Crippen molar-refractivity contribution in [2.75, 3.05) is 43.5 Å². The van der Waals surface area contributed by atoms with Crippen molar-refractivity contribution in [3.05, 3.63) is 90.6 Å². The molecule has 0 unspecified atom stereocenters. The van der Waals surface area contributed by atoms with E-state index in [0.717, 1.165) is 28.3 Å². The Labute approximate surface area is 217 Å². The number of anilines is 3. The van der Waals surface area contributed by atoms with Crippen LogP contribution in [-0.2, 0) is 10.0 Å². The summed E-state index contributed by atoms with van der Waals surface area (Å²) in [6.45, 7) is 3.66. The van der Waals surface area contributed by atoms with E-state index in [1.165, 1.54) is 4.31 Å². The van der Waals surface area contributed by atoms with Crippen LogP contribution in [0.4, 0.5) is 17.5 Å². The molecule has 0 spiro atoms. The van der Waals surface area contributed by atoms with E-state index in [4.69, 9.17) is 4.74 Å². The summed E-state index contributed by atoms with van der Waals surface area (Å²) in [7, 11) is -1.95. The highest BCUT2D eigenvalue weighted by Crippen LogP contribution is 2.25. The first-order valence-corrected chi connectivity index (χ1v) is 13.5. The number of nitrogens with one attached hydrogen (secondary N) is 1. The molecule has 2 heterocycles. The molecule has 0 amide bonds. The van der Waals surface area contributed by atoms with Gasteiger partial charge < -0.3 is 15.0 Å². The minimum atomic E-state index is -3.59. The lowest BCUT2D eigenvalue weighted by Gasteiger charge is -2.34. The molecule has 0 atom stereocenters. The first-order chi connectivity index (χ1) is 17.9. The van der Waals surface area contributed by atoms with Gasteiger partial charge in [0.25, 0.3) is 0 Å². The van der Waals surface area contributed by atoms with E-state index in [0.29, 0.717) is 42.8 Å². The molecule has 37 heavy (non-hydrogen) atoms. The fraction of sp³-hybridized carbons (Fsp3) is 0.214.